The number of carbonyl (C=O) groups is 1. The SMILES string of the molecule is COC(=O)c1ccc(CCOc2ccccc2CCc2ccccc2)cc1. The molecule has 0 aliphatic heterocycles. The highest BCUT2D eigenvalue weighted by molar-refractivity contribution is 5.89. The van der Waals surface area contributed by atoms with Crippen LogP contribution < -0.4 is 4.74 Å². The van der Waals surface area contributed by atoms with Crippen LogP contribution >= 0.6 is 0 Å². The molecular formula is C24H24O3. The zero-order valence-corrected chi connectivity index (χ0v) is 15.6. The van der Waals surface area contributed by atoms with Crippen LogP contribution in [0.5, 0.6) is 5.75 Å². The van der Waals surface area contributed by atoms with Crippen molar-refractivity contribution in [3.8, 4) is 5.75 Å². The van der Waals surface area contributed by atoms with E-state index in [1.54, 1.807) is 12.1 Å². The fraction of sp³-hybridized carbons (Fsp3) is 0.208. The summed E-state index contributed by atoms with van der Waals surface area (Å²) < 4.78 is 10.8. The van der Waals surface area contributed by atoms with Gasteiger partial charge in [0.1, 0.15) is 5.75 Å². The van der Waals surface area contributed by atoms with Gasteiger partial charge < -0.3 is 9.47 Å². The number of benzene rings is 3. The third kappa shape index (κ3) is 5.45. The summed E-state index contributed by atoms with van der Waals surface area (Å²) in [6, 6.07) is 26.2. The van der Waals surface area contributed by atoms with Crippen LogP contribution in [0.4, 0.5) is 0 Å². The summed E-state index contributed by atoms with van der Waals surface area (Å²) in [5.74, 6) is 0.629. The Hall–Kier alpha value is -3.07. The first-order valence-electron chi connectivity index (χ1n) is 9.18. The van der Waals surface area contributed by atoms with E-state index in [0.29, 0.717) is 12.2 Å². The molecule has 0 atom stereocenters. The predicted molar refractivity (Wildman–Crippen MR) is 107 cm³/mol. The average molecular weight is 360 g/mol. The maximum Gasteiger partial charge on any atom is 0.337 e. The molecule has 0 N–H and O–H groups in total. The van der Waals surface area contributed by atoms with E-state index in [9.17, 15) is 4.79 Å². The molecule has 3 rings (SSSR count). The molecule has 3 heteroatoms. The predicted octanol–water partition coefficient (Wildman–Crippen LogP) is 4.88. The summed E-state index contributed by atoms with van der Waals surface area (Å²) in [4.78, 5) is 11.5. The van der Waals surface area contributed by atoms with Gasteiger partial charge >= 0.3 is 5.97 Å². The van der Waals surface area contributed by atoms with E-state index in [4.69, 9.17) is 9.47 Å². The molecular weight excluding hydrogens is 336 g/mol. The second kappa shape index (κ2) is 9.58. The summed E-state index contributed by atoms with van der Waals surface area (Å²) in [6.45, 7) is 0.597. The van der Waals surface area contributed by atoms with Crippen molar-refractivity contribution in [3.05, 3.63) is 101 Å². The lowest BCUT2D eigenvalue weighted by atomic mass is 10.0. The average Bonchev–Trinajstić information content (AvgIpc) is 2.74. The minimum atomic E-state index is -0.315. The van der Waals surface area contributed by atoms with Gasteiger partial charge in [0.15, 0.2) is 0 Å². The molecule has 3 aromatic carbocycles. The van der Waals surface area contributed by atoms with Gasteiger partial charge in [-0.05, 0) is 47.7 Å². The number of carbonyl (C=O) groups excluding carboxylic acids is 1. The molecule has 138 valence electrons. The molecule has 0 amide bonds. The van der Waals surface area contributed by atoms with Crippen LogP contribution in [0.3, 0.4) is 0 Å². The van der Waals surface area contributed by atoms with Crippen LogP contribution in [-0.4, -0.2) is 19.7 Å². The Bertz CT molecular complexity index is 854. The lowest BCUT2D eigenvalue weighted by Crippen LogP contribution is -2.05. The molecule has 27 heavy (non-hydrogen) atoms. The number of hydrogen-bond acceptors (Lipinski definition) is 3. The Morgan fingerprint density at radius 1 is 0.741 bits per heavy atom. The Kier molecular flexibility index (Phi) is 6.64. The maximum absolute atomic E-state index is 11.5. The third-order valence-corrected chi connectivity index (χ3v) is 4.52. The first kappa shape index (κ1) is 18.7. The van der Waals surface area contributed by atoms with E-state index in [2.05, 4.69) is 36.4 Å². The molecule has 0 aliphatic carbocycles. The highest BCUT2D eigenvalue weighted by Gasteiger charge is 2.06. The topological polar surface area (TPSA) is 35.5 Å². The van der Waals surface area contributed by atoms with E-state index >= 15 is 0 Å². The zero-order chi connectivity index (χ0) is 18.9. The first-order chi connectivity index (χ1) is 13.3. The standard InChI is InChI=1S/C24H24O3/c1-26-24(25)22-15-12-20(13-16-22)17-18-27-23-10-6-5-9-21(23)14-11-19-7-3-2-4-8-19/h2-10,12-13,15-16H,11,14,17-18H2,1H3. The van der Waals surface area contributed by atoms with E-state index < -0.39 is 0 Å². The Morgan fingerprint density at radius 2 is 1.41 bits per heavy atom. The smallest absolute Gasteiger partial charge is 0.337 e. The van der Waals surface area contributed by atoms with Crippen LogP contribution in [0, 0.1) is 0 Å². The fourth-order valence-corrected chi connectivity index (χ4v) is 2.98. The van der Waals surface area contributed by atoms with Crippen LogP contribution in [0.15, 0.2) is 78.9 Å². The number of hydrogen-bond donors (Lipinski definition) is 0. The van der Waals surface area contributed by atoms with Crippen LogP contribution in [0.2, 0.25) is 0 Å². The van der Waals surface area contributed by atoms with Crippen LogP contribution in [-0.2, 0) is 24.0 Å². The molecule has 0 saturated carbocycles. The van der Waals surface area contributed by atoms with Crippen molar-refractivity contribution < 1.29 is 14.3 Å². The number of ether oxygens (including phenoxy) is 2. The molecule has 0 saturated heterocycles. The monoisotopic (exact) mass is 360 g/mol. The van der Waals surface area contributed by atoms with E-state index in [-0.39, 0.29) is 5.97 Å². The lowest BCUT2D eigenvalue weighted by Gasteiger charge is -2.12. The van der Waals surface area contributed by atoms with E-state index in [1.807, 2.05) is 30.3 Å². The van der Waals surface area contributed by atoms with E-state index in [0.717, 1.165) is 30.6 Å². The van der Waals surface area contributed by atoms with Gasteiger partial charge in [0.25, 0.3) is 0 Å². The molecule has 3 aromatic rings. The summed E-state index contributed by atoms with van der Waals surface area (Å²) in [5.41, 5.74) is 4.25. The Balaban J connectivity index is 1.54. The van der Waals surface area contributed by atoms with Crippen molar-refractivity contribution in [2.24, 2.45) is 0 Å². The highest BCUT2D eigenvalue weighted by atomic mass is 16.5. The van der Waals surface area contributed by atoms with Gasteiger partial charge in [0.05, 0.1) is 19.3 Å². The Morgan fingerprint density at radius 3 is 2.15 bits per heavy atom. The van der Waals surface area contributed by atoms with Crippen molar-refractivity contribution in [2.45, 2.75) is 19.3 Å². The lowest BCUT2D eigenvalue weighted by molar-refractivity contribution is 0.0600. The molecule has 0 bridgehead atoms. The second-order valence-corrected chi connectivity index (χ2v) is 6.38. The second-order valence-electron chi connectivity index (χ2n) is 6.38. The van der Waals surface area contributed by atoms with Gasteiger partial charge in [-0.2, -0.15) is 0 Å². The summed E-state index contributed by atoms with van der Waals surface area (Å²) >= 11 is 0. The molecule has 0 aliphatic rings. The molecule has 0 radical (unpaired) electrons. The summed E-state index contributed by atoms with van der Waals surface area (Å²) in [5, 5.41) is 0. The van der Waals surface area contributed by atoms with Crippen molar-refractivity contribution in [3.63, 3.8) is 0 Å². The van der Waals surface area contributed by atoms with Crippen molar-refractivity contribution in [1.82, 2.24) is 0 Å². The number of aryl methyl sites for hydroxylation is 2. The Labute approximate surface area is 160 Å². The summed E-state index contributed by atoms with van der Waals surface area (Å²) in [6.07, 6.45) is 2.73. The number of rotatable bonds is 8. The summed E-state index contributed by atoms with van der Waals surface area (Å²) in [7, 11) is 1.39. The van der Waals surface area contributed by atoms with Crippen LogP contribution in [0.1, 0.15) is 27.0 Å². The molecule has 0 unspecified atom stereocenters. The van der Waals surface area contributed by atoms with Gasteiger partial charge in [0, 0.05) is 6.42 Å². The van der Waals surface area contributed by atoms with Crippen molar-refractivity contribution in [1.29, 1.82) is 0 Å². The molecule has 0 heterocycles. The fourth-order valence-electron chi connectivity index (χ4n) is 2.98. The van der Waals surface area contributed by atoms with Gasteiger partial charge in [0.2, 0.25) is 0 Å². The number of methoxy groups -OCH3 is 1. The molecule has 0 spiro atoms. The molecule has 3 nitrogen and oxygen atoms in total. The minimum Gasteiger partial charge on any atom is -0.493 e. The number of esters is 1. The molecule has 0 fully saturated rings. The van der Waals surface area contributed by atoms with Crippen molar-refractivity contribution >= 4 is 5.97 Å². The first-order valence-corrected chi connectivity index (χ1v) is 9.18. The minimum absolute atomic E-state index is 0.315. The van der Waals surface area contributed by atoms with E-state index in [1.165, 1.54) is 18.2 Å². The van der Waals surface area contributed by atoms with Gasteiger partial charge in [-0.1, -0.05) is 60.7 Å². The van der Waals surface area contributed by atoms with Gasteiger partial charge in [-0.3, -0.25) is 0 Å². The third-order valence-electron chi connectivity index (χ3n) is 4.52. The maximum atomic E-state index is 11.5. The van der Waals surface area contributed by atoms with Crippen molar-refractivity contribution in [2.75, 3.05) is 13.7 Å². The zero-order valence-electron chi connectivity index (χ0n) is 15.6. The molecule has 0 aromatic heterocycles. The van der Waals surface area contributed by atoms with Gasteiger partial charge in [-0.15, -0.1) is 0 Å². The largest absolute Gasteiger partial charge is 0.493 e. The normalized spacial score (nSPS) is 10.4. The number of para-hydroxylation sites is 1. The quantitative estimate of drug-likeness (QED) is 0.537. The van der Waals surface area contributed by atoms with Gasteiger partial charge in [-0.25, -0.2) is 4.79 Å². The highest BCUT2D eigenvalue weighted by Crippen LogP contribution is 2.20. The van der Waals surface area contributed by atoms with Crippen LogP contribution in [0.25, 0.3) is 0 Å².